The highest BCUT2D eigenvalue weighted by Gasteiger charge is 2.18. The lowest BCUT2D eigenvalue weighted by Crippen LogP contribution is -2.01. The molecule has 0 aromatic heterocycles. The first-order valence-corrected chi connectivity index (χ1v) is 11.4. The molecule has 0 saturated heterocycles. The van der Waals surface area contributed by atoms with Gasteiger partial charge < -0.3 is 9.84 Å². The van der Waals surface area contributed by atoms with Crippen LogP contribution in [0.15, 0.2) is 47.4 Å². The van der Waals surface area contributed by atoms with Crippen LogP contribution in [0.4, 0.5) is 0 Å². The molecule has 2 rings (SSSR count). The molecule has 0 bridgehead atoms. The van der Waals surface area contributed by atoms with Crippen LogP contribution < -0.4 is 4.74 Å². The van der Waals surface area contributed by atoms with Gasteiger partial charge >= 0.3 is 0 Å². The fourth-order valence-corrected chi connectivity index (χ4v) is 3.67. The Kier molecular flexibility index (Phi) is 8.80. The molecule has 0 fully saturated rings. The summed E-state index contributed by atoms with van der Waals surface area (Å²) in [6, 6.07) is 11.3. The minimum absolute atomic E-state index is 0.177. The van der Waals surface area contributed by atoms with Gasteiger partial charge in [-0.25, -0.2) is 0 Å². The van der Waals surface area contributed by atoms with E-state index < -0.39 is 10.1 Å². The first-order chi connectivity index (χ1) is 13.4. The molecule has 2 N–H and O–H groups in total. The molecule has 28 heavy (non-hydrogen) atoms. The second-order valence-corrected chi connectivity index (χ2v) is 8.46. The summed E-state index contributed by atoms with van der Waals surface area (Å²) in [4.78, 5) is -0.379. The summed E-state index contributed by atoms with van der Waals surface area (Å²) < 4.78 is 38.1. The highest BCUT2D eigenvalue weighted by atomic mass is 32.2. The molecule has 0 saturated carbocycles. The zero-order valence-electron chi connectivity index (χ0n) is 16.4. The van der Waals surface area contributed by atoms with Crippen LogP contribution in [0.2, 0.25) is 0 Å². The molecule has 0 unspecified atom stereocenters. The van der Waals surface area contributed by atoms with Gasteiger partial charge in [0, 0.05) is 17.7 Å². The third-order valence-corrected chi connectivity index (χ3v) is 5.54. The first kappa shape index (κ1) is 22.2. The Bertz CT molecular complexity index is 832. The molecule has 0 atom stereocenters. The SMILES string of the molecule is CCCCCCCCCCc1c(O)cc(S(=O)(=O)O)cc1Oc1ccccc1. The average Bonchev–Trinajstić information content (AvgIpc) is 2.65. The molecule has 0 aliphatic carbocycles. The maximum atomic E-state index is 11.5. The lowest BCUT2D eigenvalue weighted by Gasteiger charge is -2.14. The van der Waals surface area contributed by atoms with Crippen molar-refractivity contribution >= 4 is 10.1 Å². The van der Waals surface area contributed by atoms with Crippen molar-refractivity contribution in [2.75, 3.05) is 0 Å². The van der Waals surface area contributed by atoms with Crippen LogP contribution in [0.25, 0.3) is 0 Å². The van der Waals surface area contributed by atoms with Gasteiger partial charge in [-0.15, -0.1) is 0 Å². The van der Waals surface area contributed by atoms with Gasteiger partial charge in [0.15, 0.2) is 0 Å². The molecule has 0 spiro atoms. The Morgan fingerprint density at radius 3 is 2.11 bits per heavy atom. The molecule has 0 aliphatic rings. The van der Waals surface area contributed by atoms with Crippen molar-refractivity contribution in [1.29, 1.82) is 0 Å². The molecule has 6 heteroatoms. The number of unbranched alkanes of at least 4 members (excludes halogenated alkanes) is 7. The van der Waals surface area contributed by atoms with Crippen molar-refractivity contribution in [1.82, 2.24) is 0 Å². The van der Waals surface area contributed by atoms with E-state index in [0.29, 0.717) is 17.7 Å². The van der Waals surface area contributed by atoms with Gasteiger partial charge in [-0.2, -0.15) is 8.42 Å². The van der Waals surface area contributed by atoms with E-state index in [1.54, 1.807) is 24.3 Å². The van der Waals surface area contributed by atoms with Gasteiger partial charge in [0.2, 0.25) is 0 Å². The molecule has 0 aliphatic heterocycles. The second kappa shape index (κ2) is 11.1. The number of hydrogen-bond donors (Lipinski definition) is 2. The summed E-state index contributed by atoms with van der Waals surface area (Å²) in [5.41, 5.74) is 0.558. The van der Waals surface area contributed by atoms with Crippen LogP contribution in [0.5, 0.6) is 17.2 Å². The minimum atomic E-state index is -4.44. The monoisotopic (exact) mass is 406 g/mol. The van der Waals surface area contributed by atoms with Crippen molar-refractivity contribution in [3.05, 3.63) is 48.0 Å². The summed E-state index contributed by atoms with van der Waals surface area (Å²) >= 11 is 0. The Hall–Kier alpha value is -2.05. The first-order valence-electron chi connectivity index (χ1n) is 9.98. The Balaban J connectivity index is 2.07. The van der Waals surface area contributed by atoms with Gasteiger partial charge in [0.1, 0.15) is 22.1 Å². The molecule has 5 nitrogen and oxygen atoms in total. The standard InChI is InChI=1S/C22H30O5S/c1-2-3-4-5-6-7-8-12-15-20-21(23)16-19(28(24,25)26)17-22(20)27-18-13-10-9-11-14-18/h9-11,13-14,16-17,23H,2-8,12,15H2,1H3,(H,24,25,26). The Morgan fingerprint density at radius 1 is 0.893 bits per heavy atom. The van der Waals surface area contributed by atoms with Crippen LogP contribution >= 0.6 is 0 Å². The van der Waals surface area contributed by atoms with Crippen molar-refractivity contribution in [2.45, 2.75) is 69.6 Å². The number of phenols is 1. The number of para-hydroxylation sites is 1. The minimum Gasteiger partial charge on any atom is -0.507 e. The highest BCUT2D eigenvalue weighted by Crippen LogP contribution is 2.36. The Labute approximate surface area is 168 Å². The number of hydrogen-bond acceptors (Lipinski definition) is 4. The van der Waals surface area contributed by atoms with Crippen molar-refractivity contribution < 1.29 is 22.8 Å². The molecule has 2 aromatic rings. The molecule has 0 amide bonds. The number of phenolic OH excluding ortho intramolecular Hbond substituents is 1. The predicted molar refractivity (Wildman–Crippen MR) is 111 cm³/mol. The molecule has 0 heterocycles. The number of ether oxygens (including phenoxy) is 1. The third-order valence-electron chi connectivity index (χ3n) is 4.71. The third kappa shape index (κ3) is 7.17. The number of aromatic hydroxyl groups is 1. The summed E-state index contributed by atoms with van der Waals surface area (Å²) in [6.45, 7) is 2.20. The predicted octanol–water partition coefficient (Wildman–Crippen LogP) is 6.11. The van der Waals surface area contributed by atoms with Crippen LogP contribution in [-0.2, 0) is 16.5 Å². The van der Waals surface area contributed by atoms with Gasteiger partial charge in [0.05, 0.1) is 0 Å². The zero-order valence-corrected chi connectivity index (χ0v) is 17.2. The average molecular weight is 407 g/mol. The summed E-state index contributed by atoms with van der Waals surface area (Å²) in [5, 5.41) is 10.4. The van der Waals surface area contributed by atoms with Crippen LogP contribution in [-0.4, -0.2) is 18.1 Å². The van der Waals surface area contributed by atoms with Gasteiger partial charge in [-0.1, -0.05) is 70.1 Å². The molecule has 154 valence electrons. The summed E-state index contributed by atoms with van der Waals surface area (Å²) in [5.74, 6) is 0.609. The van der Waals surface area contributed by atoms with E-state index in [4.69, 9.17) is 4.74 Å². The van der Waals surface area contributed by atoms with E-state index in [9.17, 15) is 18.1 Å². The van der Waals surface area contributed by atoms with E-state index in [0.717, 1.165) is 25.3 Å². The summed E-state index contributed by atoms with van der Waals surface area (Å²) in [6.07, 6.45) is 9.90. The van der Waals surface area contributed by atoms with Crippen LogP contribution in [0.1, 0.15) is 63.9 Å². The van der Waals surface area contributed by atoms with Crippen LogP contribution in [0, 0.1) is 0 Å². The number of rotatable bonds is 12. The maximum Gasteiger partial charge on any atom is 0.294 e. The molecular weight excluding hydrogens is 376 g/mol. The van der Waals surface area contributed by atoms with Gasteiger partial charge in [-0.05, 0) is 25.0 Å². The van der Waals surface area contributed by atoms with E-state index in [1.807, 2.05) is 6.07 Å². The number of benzene rings is 2. The van der Waals surface area contributed by atoms with Crippen molar-refractivity contribution in [3.8, 4) is 17.2 Å². The quantitative estimate of drug-likeness (QED) is 0.328. The van der Waals surface area contributed by atoms with Crippen molar-refractivity contribution in [3.63, 3.8) is 0 Å². The Morgan fingerprint density at radius 2 is 1.50 bits per heavy atom. The highest BCUT2D eigenvalue weighted by molar-refractivity contribution is 7.85. The van der Waals surface area contributed by atoms with Crippen LogP contribution in [0.3, 0.4) is 0 Å². The van der Waals surface area contributed by atoms with E-state index in [-0.39, 0.29) is 16.4 Å². The zero-order chi connectivity index (χ0) is 20.4. The maximum absolute atomic E-state index is 11.5. The lowest BCUT2D eigenvalue weighted by molar-refractivity contribution is 0.434. The molecular formula is C22H30O5S. The van der Waals surface area contributed by atoms with E-state index in [1.165, 1.54) is 38.2 Å². The van der Waals surface area contributed by atoms with E-state index >= 15 is 0 Å². The fraction of sp³-hybridized carbons (Fsp3) is 0.455. The topological polar surface area (TPSA) is 83.8 Å². The fourth-order valence-electron chi connectivity index (χ4n) is 3.15. The van der Waals surface area contributed by atoms with Gasteiger partial charge in [0.25, 0.3) is 10.1 Å². The normalized spacial score (nSPS) is 11.5. The molecule has 0 radical (unpaired) electrons. The second-order valence-electron chi connectivity index (χ2n) is 7.03. The van der Waals surface area contributed by atoms with Gasteiger partial charge in [-0.3, -0.25) is 4.55 Å². The molecule has 2 aromatic carbocycles. The lowest BCUT2D eigenvalue weighted by atomic mass is 10.0. The smallest absolute Gasteiger partial charge is 0.294 e. The van der Waals surface area contributed by atoms with E-state index in [2.05, 4.69) is 6.92 Å². The summed E-state index contributed by atoms with van der Waals surface area (Å²) in [7, 11) is -4.44. The largest absolute Gasteiger partial charge is 0.507 e. The van der Waals surface area contributed by atoms with Crippen molar-refractivity contribution in [2.24, 2.45) is 0 Å².